The number of amidine groups is 1. The zero-order chi connectivity index (χ0) is 21.7. The van der Waals surface area contributed by atoms with Crippen molar-refractivity contribution < 1.29 is 19.1 Å². The lowest BCUT2D eigenvalue weighted by Gasteiger charge is -2.15. The highest BCUT2D eigenvalue weighted by Crippen LogP contribution is 2.39. The van der Waals surface area contributed by atoms with Gasteiger partial charge in [-0.1, -0.05) is 41.4 Å². The molecule has 1 N–H and O–H groups in total. The third-order valence-electron chi connectivity index (χ3n) is 3.86. The number of hydrogen-bond donors (Lipinski definition) is 1. The van der Waals surface area contributed by atoms with Crippen molar-refractivity contribution in [3.8, 4) is 11.5 Å². The molecule has 2 amide bonds. The second kappa shape index (κ2) is 10.0. The molecule has 0 bridgehead atoms. The number of carbonyl (C=O) groups excluding carboxylic acids is 2. The third-order valence-corrected chi connectivity index (χ3v) is 5.41. The minimum Gasteiger partial charge on any atom is -0.490 e. The Kier molecular flexibility index (Phi) is 7.42. The van der Waals surface area contributed by atoms with Crippen molar-refractivity contribution >= 4 is 58.0 Å². The third kappa shape index (κ3) is 5.56. The maximum absolute atomic E-state index is 12.1. The Hall–Kier alpha value is -2.48. The molecule has 0 radical (unpaired) electrons. The molecular formula is C21H18Cl2N2O4S. The first kappa shape index (κ1) is 22.2. The summed E-state index contributed by atoms with van der Waals surface area (Å²) in [5, 5.41) is 3.68. The predicted molar refractivity (Wildman–Crippen MR) is 120 cm³/mol. The van der Waals surface area contributed by atoms with E-state index in [1.54, 1.807) is 24.3 Å². The summed E-state index contributed by atoms with van der Waals surface area (Å²) in [7, 11) is 0. The monoisotopic (exact) mass is 464 g/mol. The van der Waals surface area contributed by atoms with E-state index in [2.05, 4.69) is 10.3 Å². The van der Waals surface area contributed by atoms with Gasteiger partial charge in [0.15, 0.2) is 16.7 Å². The number of aliphatic imine (C=N–C) groups is 1. The van der Waals surface area contributed by atoms with Gasteiger partial charge in [-0.05, 0) is 48.5 Å². The van der Waals surface area contributed by atoms with Gasteiger partial charge in [-0.2, -0.15) is 4.99 Å². The minimum atomic E-state index is -0.433. The van der Waals surface area contributed by atoms with Crippen molar-refractivity contribution in [3.05, 3.63) is 62.5 Å². The first-order valence-electron chi connectivity index (χ1n) is 9.00. The van der Waals surface area contributed by atoms with E-state index in [0.717, 1.165) is 17.3 Å². The number of ether oxygens (including phenoxy) is 2. The van der Waals surface area contributed by atoms with E-state index in [1.807, 2.05) is 25.1 Å². The zero-order valence-electron chi connectivity index (χ0n) is 16.2. The molecule has 156 valence electrons. The number of hydrogen-bond acceptors (Lipinski definition) is 5. The van der Waals surface area contributed by atoms with Gasteiger partial charge in [-0.15, -0.1) is 0 Å². The summed E-state index contributed by atoms with van der Waals surface area (Å²) in [4.78, 5) is 27.4. The van der Waals surface area contributed by atoms with E-state index in [9.17, 15) is 9.59 Å². The summed E-state index contributed by atoms with van der Waals surface area (Å²) in [6, 6.07) is 10.8. The number of nitrogens with one attached hydrogen (secondary N) is 1. The number of nitrogens with zero attached hydrogens (tertiary/aromatic N) is 1. The van der Waals surface area contributed by atoms with Crippen molar-refractivity contribution in [3.63, 3.8) is 0 Å². The normalized spacial score (nSPS) is 14.6. The van der Waals surface area contributed by atoms with E-state index in [1.165, 1.54) is 6.92 Å². The first-order valence-corrected chi connectivity index (χ1v) is 10.6. The molecule has 0 saturated heterocycles. The highest BCUT2D eigenvalue weighted by molar-refractivity contribution is 8.18. The van der Waals surface area contributed by atoms with E-state index in [0.29, 0.717) is 38.6 Å². The molecule has 0 saturated carbocycles. The number of amides is 2. The summed E-state index contributed by atoms with van der Waals surface area (Å²) in [5.41, 5.74) is 1.46. The van der Waals surface area contributed by atoms with Crippen LogP contribution in [-0.4, -0.2) is 23.6 Å². The summed E-state index contributed by atoms with van der Waals surface area (Å²) in [6.45, 7) is 3.83. The number of thioether (sulfide) groups is 1. The SMILES string of the molecule is CCOc1cc(/C=C2/SC(NC(C)=O)=NC2=O)cc(Cl)c1OCc1ccccc1Cl. The molecule has 0 atom stereocenters. The number of carbonyl (C=O) groups is 2. The Labute approximate surface area is 188 Å². The molecule has 9 heteroatoms. The molecule has 30 heavy (non-hydrogen) atoms. The molecule has 2 aromatic rings. The van der Waals surface area contributed by atoms with Crippen LogP contribution in [0.3, 0.4) is 0 Å². The van der Waals surface area contributed by atoms with Crippen molar-refractivity contribution in [1.82, 2.24) is 5.32 Å². The number of halogens is 2. The van der Waals surface area contributed by atoms with E-state index >= 15 is 0 Å². The van der Waals surface area contributed by atoms with Gasteiger partial charge in [-0.25, -0.2) is 0 Å². The lowest BCUT2D eigenvalue weighted by molar-refractivity contribution is -0.117. The Morgan fingerprint density at radius 1 is 1.20 bits per heavy atom. The van der Waals surface area contributed by atoms with Crippen LogP contribution in [0.4, 0.5) is 0 Å². The van der Waals surface area contributed by atoms with Crippen molar-refractivity contribution in [1.29, 1.82) is 0 Å². The van der Waals surface area contributed by atoms with Gasteiger partial charge in [0.25, 0.3) is 5.91 Å². The highest BCUT2D eigenvalue weighted by Gasteiger charge is 2.23. The smallest absolute Gasteiger partial charge is 0.286 e. The summed E-state index contributed by atoms with van der Waals surface area (Å²) in [5.74, 6) is 0.109. The minimum absolute atomic E-state index is 0.224. The molecule has 1 aliphatic rings. The van der Waals surface area contributed by atoms with Gasteiger partial charge in [0, 0.05) is 17.5 Å². The Morgan fingerprint density at radius 2 is 1.97 bits per heavy atom. The fourth-order valence-electron chi connectivity index (χ4n) is 2.60. The molecule has 0 aliphatic carbocycles. The predicted octanol–water partition coefficient (Wildman–Crippen LogP) is 5.08. The summed E-state index contributed by atoms with van der Waals surface area (Å²) >= 11 is 13.7. The molecule has 3 rings (SSSR count). The second-order valence-electron chi connectivity index (χ2n) is 6.16. The Balaban J connectivity index is 1.84. The lowest BCUT2D eigenvalue weighted by atomic mass is 10.1. The number of benzene rings is 2. The maximum Gasteiger partial charge on any atom is 0.286 e. The molecule has 1 heterocycles. The average molecular weight is 465 g/mol. The highest BCUT2D eigenvalue weighted by atomic mass is 35.5. The fraction of sp³-hybridized carbons (Fsp3) is 0.190. The molecule has 0 fully saturated rings. The van der Waals surface area contributed by atoms with E-state index < -0.39 is 5.91 Å². The molecule has 2 aromatic carbocycles. The van der Waals surface area contributed by atoms with Crippen molar-refractivity contribution in [2.75, 3.05) is 6.61 Å². The molecule has 6 nitrogen and oxygen atoms in total. The Morgan fingerprint density at radius 3 is 2.67 bits per heavy atom. The summed E-state index contributed by atoms with van der Waals surface area (Å²) < 4.78 is 11.6. The van der Waals surface area contributed by atoms with Crippen molar-refractivity contribution in [2.45, 2.75) is 20.5 Å². The second-order valence-corrected chi connectivity index (χ2v) is 8.00. The molecule has 1 aliphatic heterocycles. The maximum atomic E-state index is 12.1. The first-order chi connectivity index (χ1) is 14.4. The largest absolute Gasteiger partial charge is 0.490 e. The average Bonchev–Trinajstić information content (AvgIpc) is 3.00. The zero-order valence-corrected chi connectivity index (χ0v) is 18.5. The molecule has 0 aromatic heterocycles. The van der Waals surface area contributed by atoms with Crippen LogP contribution in [-0.2, 0) is 16.2 Å². The van der Waals surface area contributed by atoms with E-state index in [-0.39, 0.29) is 17.7 Å². The van der Waals surface area contributed by atoms with Crippen LogP contribution in [0.1, 0.15) is 25.0 Å². The van der Waals surface area contributed by atoms with Crippen LogP contribution in [0.2, 0.25) is 10.0 Å². The van der Waals surface area contributed by atoms with E-state index in [4.69, 9.17) is 32.7 Å². The van der Waals surface area contributed by atoms with Crippen LogP contribution >= 0.6 is 35.0 Å². The fourth-order valence-corrected chi connectivity index (χ4v) is 3.93. The van der Waals surface area contributed by atoms with Gasteiger partial charge < -0.3 is 14.8 Å². The van der Waals surface area contributed by atoms with Crippen LogP contribution < -0.4 is 14.8 Å². The standard InChI is InChI=1S/C21H18Cl2N2O4S/c1-3-28-17-9-13(10-18-20(27)25-21(30-18)24-12(2)26)8-16(23)19(17)29-11-14-6-4-5-7-15(14)22/h4-10H,3,11H2,1-2H3,(H,24,25,26,27)/b18-10+. The van der Waals surface area contributed by atoms with Gasteiger partial charge in [0.1, 0.15) is 6.61 Å². The molecular weight excluding hydrogens is 447 g/mol. The van der Waals surface area contributed by atoms with Crippen LogP contribution in [0.15, 0.2) is 46.3 Å². The van der Waals surface area contributed by atoms with Gasteiger partial charge in [-0.3, -0.25) is 9.59 Å². The molecule has 0 unspecified atom stereocenters. The van der Waals surface area contributed by atoms with Crippen LogP contribution in [0.5, 0.6) is 11.5 Å². The van der Waals surface area contributed by atoms with Crippen LogP contribution in [0.25, 0.3) is 6.08 Å². The van der Waals surface area contributed by atoms with Gasteiger partial charge >= 0.3 is 0 Å². The molecule has 0 spiro atoms. The van der Waals surface area contributed by atoms with Crippen molar-refractivity contribution in [2.24, 2.45) is 4.99 Å². The topological polar surface area (TPSA) is 77.0 Å². The Bertz CT molecular complexity index is 1050. The summed E-state index contributed by atoms with van der Waals surface area (Å²) in [6.07, 6.45) is 1.64. The van der Waals surface area contributed by atoms with Gasteiger partial charge in [0.2, 0.25) is 5.91 Å². The quantitative estimate of drug-likeness (QED) is 0.603. The number of rotatable bonds is 6. The van der Waals surface area contributed by atoms with Gasteiger partial charge in [0.05, 0.1) is 16.5 Å². The van der Waals surface area contributed by atoms with Crippen LogP contribution in [0, 0.1) is 0 Å². The lowest BCUT2D eigenvalue weighted by Crippen LogP contribution is -2.23.